The first-order chi connectivity index (χ1) is 5.59. The van der Waals surface area contributed by atoms with Gasteiger partial charge in [0.1, 0.15) is 0 Å². The highest BCUT2D eigenvalue weighted by Gasteiger charge is 2.10. The summed E-state index contributed by atoms with van der Waals surface area (Å²) >= 11 is 0. The van der Waals surface area contributed by atoms with Gasteiger partial charge in [-0.05, 0) is 0 Å². The van der Waals surface area contributed by atoms with Gasteiger partial charge in [-0.2, -0.15) is 0 Å². The Labute approximate surface area is 67.2 Å². The molecular weight excluding hydrogens is 164 g/mol. The van der Waals surface area contributed by atoms with E-state index in [1.807, 2.05) is 0 Å². The van der Waals surface area contributed by atoms with Crippen LogP contribution in [-0.4, -0.2) is 22.1 Å². The van der Waals surface area contributed by atoms with Gasteiger partial charge in [-0.3, -0.25) is 4.79 Å². The van der Waals surface area contributed by atoms with Gasteiger partial charge in [0.15, 0.2) is 5.82 Å². The van der Waals surface area contributed by atoms with Crippen molar-refractivity contribution in [2.24, 2.45) is 0 Å². The van der Waals surface area contributed by atoms with Gasteiger partial charge in [0.25, 0.3) is 0 Å². The van der Waals surface area contributed by atoms with E-state index in [-0.39, 0.29) is 17.5 Å². The lowest BCUT2D eigenvalue weighted by Crippen LogP contribution is -2.05. The summed E-state index contributed by atoms with van der Waals surface area (Å²) in [4.78, 5) is 20.7. The van der Waals surface area contributed by atoms with Crippen LogP contribution in [0.2, 0.25) is 0 Å². The Balaban J connectivity index is 2.77. The van der Waals surface area contributed by atoms with Gasteiger partial charge in [0.05, 0.1) is 0 Å². The molecule has 64 valence electrons. The zero-order chi connectivity index (χ0) is 9.14. The fraction of sp³-hybridized carbons (Fsp3) is 0.167. The van der Waals surface area contributed by atoms with Gasteiger partial charge < -0.3 is 14.9 Å². The highest BCUT2D eigenvalue weighted by molar-refractivity contribution is 5.90. The predicted octanol–water partition coefficient (Wildman–Crippen LogP) is 0.331. The molecule has 12 heavy (non-hydrogen) atoms. The molecule has 0 unspecified atom stereocenters. The van der Waals surface area contributed by atoms with Crippen molar-refractivity contribution in [2.45, 2.75) is 6.92 Å². The number of carbonyl (C=O) groups is 2. The molecule has 1 heterocycles. The van der Waals surface area contributed by atoms with Crippen LogP contribution in [0.15, 0.2) is 10.6 Å². The smallest absolute Gasteiger partial charge is 0.374 e. The minimum Gasteiger partial charge on any atom is -0.475 e. The second-order valence-electron chi connectivity index (χ2n) is 2.06. The molecule has 0 saturated carbocycles. The Hall–Kier alpha value is -1.85. The van der Waals surface area contributed by atoms with Crippen molar-refractivity contribution < 1.29 is 19.2 Å². The molecule has 2 N–H and O–H groups in total. The van der Waals surface area contributed by atoms with E-state index in [2.05, 4.69) is 15.0 Å². The quantitative estimate of drug-likeness (QED) is 0.667. The highest BCUT2D eigenvalue weighted by Crippen LogP contribution is 2.07. The van der Waals surface area contributed by atoms with E-state index in [1.54, 1.807) is 0 Å². The summed E-state index contributed by atoms with van der Waals surface area (Å²) < 4.78 is 4.36. The second-order valence-corrected chi connectivity index (χ2v) is 2.06. The van der Waals surface area contributed by atoms with E-state index in [9.17, 15) is 9.59 Å². The Morgan fingerprint density at radius 3 is 2.75 bits per heavy atom. The molecule has 0 radical (unpaired) electrons. The number of hydrogen-bond donors (Lipinski definition) is 2. The number of carbonyl (C=O) groups excluding carboxylic acids is 1. The first-order valence-electron chi connectivity index (χ1n) is 3.07. The summed E-state index contributed by atoms with van der Waals surface area (Å²) in [5, 5.41) is 13.9. The van der Waals surface area contributed by atoms with Crippen LogP contribution in [0.3, 0.4) is 0 Å². The van der Waals surface area contributed by atoms with Crippen LogP contribution in [0.25, 0.3) is 0 Å². The first-order valence-corrected chi connectivity index (χ1v) is 3.07. The highest BCUT2D eigenvalue weighted by atomic mass is 16.5. The fourth-order valence-electron chi connectivity index (χ4n) is 0.615. The van der Waals surface area contributed by atoms with Gasteiger partial charge in [0, 0.05) is 13.0 Å². The third-order valence-electron chi connectivity index (χ3n) is 1.03. The topological polar surface area (TPSA) is 92.4 Å². The molecule has 0 aromatic carbocycles. The summed E-state index contributed by atoms with van der Waals surface area (Å²) in [5.41, 5.74) is 0. The van der Waals surface area contributed by atoms with Crippen LogP contribution in [0, 0.1) is 0 Å². The molecule has 0 bridgehead atoms. The van der Waals surface area contributed by atoms with Crippen molar-refractivity contribution in [2.75, 3.05) is 5.32 Å². The number of aromatic nitrogens is 1. The maximum atomic E-state index is 10.5. The average Bonchev–Trinajstić information content (AvgIpc) is 2.34. The van der Waals surface area contributed by atoms with Crippen molar-refractivity contribution in [3.05, 3.63) is 11.8 Å². The minimum atomic E-state index is -1.22. The molecular formula is C6H6N2O4. The van der Waals surface area contributed by atoms with Gasteiger partial charge in [-0.25, -0.2) is 4.79 Å². The standard InChI is InChI=1S/C6H6N2O4/c1-3(9)7-5-2-4(6(10)11)12-8-5/h2H,1H3,(H,10,11)(H,7,8,9). The van der Waals surface area contributed by atoms with Crippen molar-refractivity contribution in [1.29, 1.82) is 0 Å². The normalized spacial score (nSPS) is 9.42. The molecule has 0 aliphatic carbocycles. The summed E-state index contributed by atoms with van der Waals surface area (Å²) in [5.74, 6) is -1.77. The van der Waals surface area contributed by atoms with E-state index >= 15 is 0 Å². The lowest BCUT2D eigenvalue weighted by atomic mass is 10.4. The number of carboxylic acid groups (broad SMARTS) is 1. The zero-order valence-electron chi connectivity index (χ0n) is 6.20. The molecule has 0 aliphatic heterocycles. The zero-order valence-corrected chi connectivity index (χ0v) is 6.20. The maximum Gasteiger partial charge on any atom is 0.374 e. The Kier molecular flexibility index (Phi) is 2.09. The number of aromatic carboxylic acids is 1. The number of carboxylic acids is 1. The second kappa shape index (κ2) is 3.04. The van der Waals surface area contributed by atoms with Crippen LogP contribution in [-0.2, 0) is 4.79 Å². The van der Waals surface area contributed by atoms with Crippen LogP contribution in [0.1, 0.15) is 17.5 Å². The summed E-state index contributed by atoms with van der Waals surface area (Å²) in [6, 6.07) is 1.13. The van der Waals surface area contributed by atoms with Crippen LogP contribution in [0.5, 0.6) is 0 Å². The van der Waals surface area contributed by atoms with E-state index in [4.69, 9.17) is 5.11 Å². The molecule has 0 aliphatic rings. The van der Waals surface area contributed by atoms with Gasteiger partial charge in [-0.15, -0.1) is 0 Å². The van der Waals surface area contributed by atoms with Crippen LogP contribution in [0.4, 0.5) is 5.82 Å². The maximum absolute atomic E-state index is 10.5. The Bertz CT molecular complexity index is 317. The molecule has 0 saturated heterocycles. The monoisotopic (exact) mass is 170 g/mol. The lowest BCUT2D eigenvalue weighted by molar-refractivity contribution is -0.114. The molecule has 0 atom stereocenters. The predicted molar refractivity (Wildman–Crippen MR) is 37.8 cm³/mol. The molecule has 0 spiro atoms. The van der Waals surface area contributed by atoms with E-state index in [1.165, 1.54) is 6.92 Å². The fourth-order valence-corrected chi connectivity index (χ4v) is 0.615. The third kappa shape index (κ3) is 1.82. The first kappa shape index (κ1) is 8.25. The van der Waals surface area contributed by atoms with E-state index in [0.717, 1.165) is 6.07 Å². The average molecular weight is 170 g/mol. The lowest BCUT2D eigenvalue weighted by Gasteiger charge is -1.90. The number of hydrogen-bond acceptors (Lipinski definition) is 4. The molecule has 0 fully saturated rings. The largest absolute Gasteiger partial charge is 0.475 e. The van der Waals surface area contributed by atoms with Gasteiger partial charge in [-0.1, -0.05) is 5.16 Å². The van der Waals surface area contributed by atoms with E-state index < -0.39 is 5.97 Å². The summed E-state index contributed by atoms with van der Waals surface area (Å²) in [6.45, 7) is 1.29. The summed E-state index contributed by atoms with van der Waals surface area (Å²) in [7, 11) is 0. The Morgan fingerprint density at radius 2 is 2.33 bits per heavy atom. The SMILES string of the molecule is CC(=O)Nc1cc(C(=O)O)on1. The van der Waals surface area contributed by atoms with Crippen LogP contribution >= 0.6 is 0 Å². The molecule has 1 aromatic rings. The van der Waals surface area contributed by atoms with Crippen molar-refractivity contribution >= 4 is 17.7 Å². The molecule has 1 rings (SSSR count). The molecule has 6 heteroatoms. The number of amides is 1. The number of rotatable bonds is 2. The third-order valence-corrected chi connectivity index (χ3v) is 1.03. The number of anilines is 1. The number of nitrogens with one attached hydrogen (secondary N) is 1. The van der Waals surface area contributed by atoms with Gasteiger partial charge in [0.2, 0.25) is 11.7 Å². The molecule has 1 aromatic heterocycles. The van der Waals surface area contributed by atoms with Crippen molar-refractivity contribution in [3.8, 4) is 0 Å². The van der Waals surface area contributed by atoms with E-state index in [0.29, 0.717) is 0 Å². The van der Waals surface area contributed by atoms with Crippen LogP contribution < -0.4 is 5.32 Å². The summed E-state index contributed by atoms with van der Waals surface area (Å²) in [6.07, 6.45) is 0. The van der Waals surface area contributed by atoms with Gasteiger partial charge >= 0.3 is 5.97 Å². The van der Waals surface area contributed by atoms with Crippen molar-refractivity contribution in [3.63, 3.8) is 0 Å². The Morgan fingerprint density at radius 1 is 1.67 bits per heavy atom. The minimum absolute atomic E-state index is 0.0971. The number of nitrogens with zero attached hydrogens (tertiary/aromatic N) is 1. The molecule has 1 amide bonds. The molecule has 6 nitrogen and oxygen atoms in total. The van der Waals surface area contributed by atoms with Crippen molar-refractivity contribution in [1.82, 2.24) is 5.16 Å².